The number of nitrogens with zero attached hydrogens (tertiary/aromatic N) is 3. The lowest BCUT2D eigenvalue weighted by atomic mass is 10.1. The molecule has 0 aliphatic rings. The maximum atomic E-state index is 9.28. The van der Waals surface area contributed by atoms with Crippen LogP contribution >= 0.6 is 11.3 Å². The van der Waals surface area contributed by atoms with Gasteiger partial charge in [0, 0.05) is 10.8 Å². The minimum Gasteiger partial charge on any atom is -0.316 e. The van der Waals surface area contributed by atoms with Gasteiger partial charge in [0.15, 0.2) is 5.13 Å². The molecule has 2 aromatic heterocycles. The third-order valence-corrected chi connectivity index (χ3v) is 3.96. The molecule has 0 saturated carbocycles. The van der Waals surface area contributed by atoms with Crippen LogP contribution in [-0.4, -0.2) is 9.97 Å². The van der Waals surface area contributed by atoms with Gasteiger partial charge in [0.2, 0.25) is 0 Å². The van der Waals surface area contributed by atoms with Crippen molar-refractivity contribution < 1.29 is 0 Å². The summed E-state index contributed by atoms with van der Waals surface area (Å²) in [6.45, 7) is 4.22. The molecule has 1 N–H and O–H groups in total. The third kappa shape index (κ3) is 2.71. The van der Waals surface area contributed by atoms with Gasteiger partial charge in [-0.3, -0.25) is 0 Å². The van der Waals surface area contributed by atoms with Crippen LogP contribution < -0.4 is 5.32 Å². The summed E-state index contributed by atoms with van der Waals surface area (Å²) >= 11 is 1.55. The van der Waals surface area contributed by atoms with Gasteiger partial charge in [-0.25, -0.2) is 9.97 Å². The van der Waals surface area contributed by atoms with Gasteiger partial charge in [0.25, 0.3) is 0 Å². The Labute approximate surface area is 127 Å². The fraction of sp³-hybridized carbons (Fsp3) is 0.188. The molecule has 0 bridgehead atoms. The lowest BCUT2D eigenvalue weighted by molar-refractivity contribution is 0.834. The summed E-state index contributed by atoms with van der Waals surface area (Å²) < 4.78 is 0. The molecule has 5 heteroatoms. The highest BCUT2D eigenvalue weighted by Gasteiger charge is 2.09. The van der Waals surface area contributed by atoms with E-state index in [0.717, 1.165) is 21.7 Å². The molecule has 1 aromatic carbocycles. The molecule has 3 rings (SSSR count). The third-order valence-electron chi connectivity index (χ3n) is 3.19. The Morgan fingerprint density at radius 1 is 1.24 bits per heavy atom. The quantitative estimate of drug-likeness (QED) is 0.776. The van der Waals surface area contributed by atoms with Crippen molar-refractivity contribution in [2.45, 2.75) is 19.8 Å². The van der Waals surface area contributed by atoms with E-state index in [4.69, 9.17) is 0 Å². The van der Waals surface area contributed by atoms with Crippen LogP contribution in [0.5, 0.6) is 0 Å². The minimum absolute atomic E-state index is 0.399. The van der Waals surface area contributed by atoms with Crippen LogP contribution in [0.1, 0.15) is 31.0 Å². The van der Waals surface area contributed by atoms with Gasteiger partial charge in [-0.05, 0) is 18.1 Å². The molecule has 0 aliphatic heterocycles. The van der Waals surface area contributed by atoms with Gasteiger partial charge in [0.1, 0.15) is 5.82 Å². The summed E-state index contributed by atoms with van der Waals surface area (Å²) in [4.78, 5) is 9.06. The second-order valence-corrected chi connectivity index (χ2v) is 5.90. The number of nitriles is 1. The molecule has 0 atom stereocenters. The second kappa shape index (κ2) is 5.51. The molecule has 0 aliphatic carbocycles. The first-order valence-corrected chi connectivity index (χ1v) is 7.57. The predicted molar refractivity (Wildman–Crippen MR) is 85.9 cm³/mol. The Morgan fingerprint density at radius 2 is 2.05 bits per heavy atom. The average Bonchev–Trinajstić information content (AvgIpc) is 2.95. The van der Waals surface area contributed by atoms with Crippen LogP contribution in [0.25, 0.3) is 10.9 Å². The number of benzene rings is 1. The highest BCUT2D eigenvalue weighted by molar-refractivity contribution is 7.13. The lowest BCUT2D eigenvalue weighted by Crippen LogP contribution is -1.96. The fourth-order valence-corrected chi connectivity index (χ4v) is 2.93. The average molecular weight is 294 g/mol. The van der Waals surface area contributed by atoms with Crippen LogP contribution in [0.4, 0.5) is 10.9 Å². The highest BCUT2D eigenvalue weighted by atomic mass is 32.1. The van der Waals surface area contributed by atoms with Crippen molar-refractivity contribution in [2.24, 2.45) is 0 Å². The van der Waals surface area contributed by atoms with Crippen molar-refractivity contribution in [3.63, 3.8) is 0 Å². The van der Waals surface area contributed by atoms with E-state index in [1.807, 2.05) is 29.6 Å². The molecule has 0 spiro atoms. The number of pyridine rings is 1. The van der Waals surface area contributed by atoms with Crippen molar-refractivity contribution in [1.29, 1.82) is 5.26 Å². The topological polar surface area (TPSA) is 61.6 Å². The van der Waals surface area contributed by atoms with E-state index in [-0.39, 0.29) is 0 Å². The lowest BCUT2D eigenvalue weighted by Gasteiger charge is -2.05. The second-order valence-electron chi connectivity index (χ2n) is 5.04. The van der Waals surface area contributed by atoms with Crippen molar-refractivity contribution in [3.8, 4) is 6.07 Å². The Hall–Kier alpha value is -2.45. The summed E-state index contributed by atoms with van der Waals surface area (Å²) in [5, 5.41) is 16.2. The Morgan fingerprint density at radius 3 is 2.76 bits per heavy atom. The van der Waals surface area contributed by atoms with E-state index in [1.54, 1.807) is 17.4 Å². The molecule has 0 saturated heterocycles. The molecular weight excluding hydrogens is 280 g/mol. The number of anilines is 2. The first kappa shape index (κ1) is 13.5. The summed E-state index contributed by atoms with van der Waals surface area (Å²) in [6, 6.07) is 11.6. The molecule has 21 heavy (non-hydrogen) atoms. The largest absolute Gasteiger partial charge is 0.316 e. The molecule has 0 radical (unpaired) electrons. The predicted octanol–water partition coefficient (Wildman–Crippen LogP) is 4.43. The van der Waals surface area contributed by atoms with Crippen LogP contribution in [0, 0.1) is 11.3 Å². The van der Waals surface area contributed by atoms with E-state index >= 15 is 0 Å². The Bertz CT molecular complexity index is 830. The highest BCUT2D eigenvalue weighted by Crippen LogP contribution is 2.26. The van der Waals surface area contributed by atoms with E-state index in [2.05, 4.69) is 35.2 Å². The standard InChI is InChI=1S/C16H14N4S/c1-10(2)14-9-21-16(19-14)20-15-7-11(8-17)12-5-3-4-6-13(12)18-15/h3-7,9-10H,1-2H3,(H,18,19,20). The smallest absolute Gasteiger partial charge is 0.188 e. The van der Waals surface area contributed by atoms with Crippen LogP contribution in [0.15, 0.2) is 35.7 Å². The monoisotopic (exact) mass is 294 g/mol. The number of para-hydroxylation sites is 1. The summed E-state index contributed by atoms with van der Waals surface area (Å²) in [5.41, 5.74) is 2.48. The normalized spacial score (nSPS) is 10.8. The number of hydrogen-bond acceptors (Lipinski definition) is 5. The van der Waals surface area contributed by atoms with Crippen LogP contribution in [0.3, 0.4) is 0 Å². The van der Waals surface area contributed by atoms with Crippen molar-refractivity contribution in [1.82, 2.24) is 9.97 Å². The van der Waals surface area contributed by atoms with Gasteiger partial charge in [-0.2, -0.15) is 5.26 Å². The summed E-state index contributed by atoms with van der Waals surface area (Å²) in [7, 11) is 0. The number of fused-ring (bicyclic) bond motifs is 1. The summed E-state index contributed by atoms with van der Waals surface area (Å²) in [6.07, 6.45) is 0. The number of thiazole rings is 1. The van der Waals surface area contributed by atoms with Gasteiger partial charge in [0.05, 0.1) is 22.8 Å². The molecule has 3 aromatic rings. The fourth-order valence-electron chi connectivity index (χ4n) is 2.05. The summed E-state index contributed by atoms with van der Waals surface area (Å²) in [5.74, 6) is 1.05. The molecular formula is C16H14N4S. The van der Waals surface area contributed by atoms with Crippen molar-refractivity contribution >= 4 is 33.2 Å². The molecule has 4 nitrogen and oxygen atoms in total. The van der Waals surface area contributed by atoms with Crippen molar-refractivity contribution in [3.05, 3.63) is 47.0 Å². The van der Waals surface area contributed by atoms with Gasteiger partial charge in [-0.15, -0.1) is 11.3 Å². The zero-order chi connectivity index (χ0) is 14.8. The first-order valence-electron chi connectivity index (χ1n) is 6.69. The Balaban J connectivity index is 1.98. The molecule has 0 unspecified atom stereocenters. The SMILES string of the molecule is CC(C)c1csc(Nc2cc(C#N)c3ccccc3n2)n1. The molecule has 2 heterocycles. The minimum atomic E-state index is 0.399. The van der Waals surface area contributed by atoms with Gasteiger partial charge >= 0.3 is 0 Å². The number of nitrogens with one attached hydrogen (secondary N) is 1. The van der Waals surface area contributed by atoms with E-state index in [0.29, 0.717) is 17.3 Å². The maximum absolute atomic E-state index is 9.28. The number of hydrogen-bond donors (Lipinski definition) is 1. The van der Waals surface area contributed by atoms with Crippen LogP contribution in [-0.2, 0) is 0 Å². The first-order chi connectivity index (χ1) is 10.2. The zero-order valence-electron chi connectivity index (χ0n) is 11.8. The van der Waals surface area contributed by atoms with E-state index in [9.17, 15) is 5.26 Å². The number of rotatable bonds is 3. The van der Waals surface area contributed by atoms with E-state index < -0.39 is 0 Å². The van der Waals surface area contributed by atoms with Crippen molar-refractivity contribution in [2.75, 3.05) is 5.32 Å². The molecule has 0 amide bonds. The molecule has 0 fully saturated rings. The van der Waals surface area contributed by atoms with Gasteiger partial charge < -0.3 is 5.32 Å². The zero-order valence-corrected chi connectivity index (χ0v) is 12.6. The van der Waals surface area contributed by atoms with E-state index in [1.165, 1.54) is 0 Å². The Kier molecular flexibility index (Phi) is 3.55. The maximum Gasteiger partial charge on any atom is 0.188 e. The molecule has 104 valence electrons. The van der Waals surface area contributed by atoms with Gasteiger partial charge in [-0.1, -0.05) is 32.0 Å². The van der Waals surface area contributed by atoms with Crippen LogP contribution in [0.2, 0.25) is 0 Å². The number of aromatic nitrogens is 2.